The van der Waals surface area contributed by atoms with Crippen molar-refractivity contribution in [2.45, 2.75) is 13.3 Å². The van der Waals surface area contributed by atoms with Gasteiger partial charge in [-0.3, -0.25) is 4.98 Å². The van der Waals surface area contributed by atoms with Gasteiger partial charge < -0.3 is 5.32 Å². The molecule has 1 N–H and O–H groups in total. The number of aromatic nitrogens is 1. The van der Waals surface area contributed by atoms with E-state index in [1.807, 2.05) is 18.3 Å². The lowest BCUT2D eigenvalue weighted by molar-refractivity contribution is 0.466. The first-order chi connectivity index (χ1) is 10.4. The van der Waals surface area contributed by atoms with Gasteiger partial charge in [0.1, 0.15) is 0 Å². The molecule has 1 fully saturated rings. The van der Waals surface area contributed by atoms with Crippen LogP contribution in [0.2, 0.25) is 0 Å². The van der Waals surface area contributed by atoms with Crippen LogP contribution in [0.15, 0.2) is 30.5 Å². The third-order valence-electron chi connectivity index (χ3n) is 4.27. The van der Waals surface area contributed by atoms with Crippen molar-refractivity contribution in [2.24, 2.45) is 5.92 Å². The number of aryl methyl sites for hydroxylation is 1. The van der Waals surface area contributed by atoms with Gasteiger partial charge in [0.15, 0.2) is 0 Å². The molecule has 1 atom stereocenters. The zero-order chi connectivity index (χ0) is 15.7. The van der Waals surface area contributed by atoms with E-state index in [1.54, 1.807) is 4.31 Å². The number of para-hydroxylation sites is 1. The zero-order valence-electron chi connectivity index (χ0n) is 12.9. The highest BCUT2D eigenvalue weighted by Crippen LogP contribution is 2.25. The fourth-order valence-corrected chi connectivity index (χ4v) is 3.92. The number of fused-ring (bicyclic) bond motifs is 1. The highest BCUT2D eigenvalue weighted by molar-refractivity contribution is 7.88. The molecule has 1 aromatic heterocycles. The summed E-state index contributed by atoms with van der Waals surface area (Å²) in [5.74, 6) is 0.350. The van der Waals surface area contributed by atoms with E-state index in [0.29, 0.717) is 19.0 Å². The SMILES string of the molecule is Cc1cccc2c(NCC3CCN(S(C)(=O)=O)C3)ccnc12. The van der Waals surface area contributed by atoms with Gasteiger partial charge in [-0.1, -0.05) is 18.2 Å². The summed E-state index contributed by atoms with van der Waals surface area (Å²) in [4.78, 5) is 4.44. The molecule has 1 aromatic carbocycles. The quantitative estimate of drug-likeness (QED) is 0.939. The minimum atomic E-state index is -3.06. The summed E-state index contributed by atoms with van der Waals surface area (Å²) in [5.41, 5.74) is 3.23. The molecule has 5 nitrogen and oxygen atoms in total. The van der Waals surface area contributed by atoms with Crippen LogP contribution in [0.3, 0.4) is 0 Å². The molecule has 2 heterocycles. The highest BCUT2D eigenvalue weighted by Gasteiger charge is 2.28. The number of benzene rings is 1. The van der Waals surface area contributed by atoms with Gasteiger partial charge in [-0.25, -0.2) is 12.7 Å². The lowest BCUT2D eigenvalue weighted by atomic mass is 10.1. The van der Waals surface area contributed by atoms with Gasteiger partial charge in [0.2, 0.25) is 10.0 Å². The van der Waals surface area contributed by atoms with E-state index in [-0.39, 0.29) is 0 Å². The molecule has 118 valence electrons. The maximum atomic E-state index is 11.6. The minimum absolute atomic E-state index is 0.350. The van der Waals surface area contributed by atoms with Crippen LogP contribution in [0.4, 0.5) is 5.69 Å². The minimum Gasteiger partial charge on any atom is -0.384 e. The van der Waals surface area contributed by atoms with Crippen molar-refractivity contribution in [1.29, 1.82) is 0 Å². The fourth-order valence-electron chi connectivity index (χ4n) is 3.00. The topological polar surface area (TPSA) is 62.3 Å². The van der Waals surface area contributed by atoms with Gasteiger partial charge in [-0.15, -0.1) is 0 Å². The second kappa shape index (κ2) is 5.85. The number of nitrogens with zero attached hydrogens (tertiary/aromatic N) is 2. The van der Waals surface area contributed by atoms with Crippen LogP contribution in [0.1, 0.15) is 12.0 Å². The van der Waals surface area contributed by atoms with Crippen molar-refractivity contribution in [3.05, 3.63) is 36.0 Å². The average molecular weight is 319 g/mol. The Labute approximate surface area is 131 Å². The van der Waals surface area contributed by atoms with E-state index in [2.05, 4.69) is 29.4 Å². The molecule has 0 spiro atoms. The Balaban J connectivity index is 1.72. The van der Waals surface area contributed by atoms with E-state index in [9.17, 15) is 8.42 Å². The molecule has 0 bridgehead atoms. The molecular formula is C16H21N3O2S. The molecule has 2 aromatic rings. The second-order valence-corrected chi connectivity index (χ2v) is 7.97. The number of sulfonamides is 1. The third-order valence-corrected chi connectivity index (χ3v) is 5.54. The molecule has 0 radical (unpaired) electrons. The second-order valence-electron chi connectivity index (χ2n) is 5.99. The summed E-state index contributed by atoms with van der Waals surface area (Å²) in [7, 11) is -3.06. The molecule has 1 unspecified atom stereocenters. The highest BCUT2D eigenvalue weighted by atomic mass is 32.2. The molecule has 3 rings (SSSR count). The van der Waals surface area contributed by atoms with Crippen LogP contribution in [0, 0.1) is 12.8 Å². The number of anilines is 1. The number of pyridine rings is 1. The Kier molecular flexibility index (Phi) is 4.06. The van der Waals surface area contributed by atoms with Crippen LogP contribution in [-0.4, -0.2) is 43.6 Å². The number of hydrogen-bond acceptors (Lipinski definition) is 4. The lowest BCUT2D eigenvalue weighted by Crippen LogP contribution is -2.28. The van der Waals surface area contributed by atoms with Gasteiger partial charge >= 0.3 is 0 Å². The number of hydrogen-bond donors (Lipinski definition) is 1. The summed E-state index contributed by atoms with van der Waals surface area (Å²) in [6.07, 6.45) is 4.00. The van der Waals surface area contributed by atoms with E-state index >= 15 is 0 Å². The van der Waals surface area contributed by atoms with Crippen LogP contribution in [-0.2, 0) is 10.0 Å². The van der Waals surface area contributed by atoms with E-state index < -0.39 is 10.0 Å². The normalized spacial score (nSPS) is 19.6. The summed E-state index contributed by atoms with van der Waals surface area (Å²) in [6.45, 7) is 4.06. The molecule has 22 heavy (non-hydrogen) atoms. The van der Waals surface area contributed by atoms with Crippen LogP contribution in [0.25, 0.3) is 10.9 Å². The van der Waals surface area contributed by atoms with E-state index in [0.717, 1.165) is 35.1 Å². The molecule has 1 saturated heterocycles. The van der Waals surface area contributed by atoms with E-state index in [1.165, 1.54) is 6.26 Å². The van der Waals surface area contributed by atoms with E-state index in [4.69, 9.17) is 0 Å². The van der Waals surface area contributed by atoms with Gasteiger partial charge in [0.25, 0.3) is 0 Å². The Morgan fingerprint density at radius 3 is 2.91 bits per heavy atom. The maximum Gasteiger partial charge on any atom is 0.211 e. The van der Waals surface area contributed by atoms with Gasteiger partial charge in [-0.2, -0.15) is 0 Å². The van der Waals surface area contributed by atoms with Crippen LogP contribution in [0.5, 0.6) is 0 Å². The van der Waals surface area contributed by atoms with Crippen molar-refractivity contribution in [3.63, 3.8) is 0 Å². The smallest absolute Gasteiger partial charge is 0.211 e. The predicted molar refractivity (Wildman–Crippen MR) is 89.5 cm³/mol. The Morgan fingerprint density at radius 2 is 2.18 bits per heavy atom. The first-order valence-corrected chi connectivity index (χ1v) is 9.33. The molecule has 0 aliphatic carbocycles. The Hall–Kier alpha value is -1.66. The number of nitrogens with one attached hydrogen (secondary N) is 1. The average Bonchev–Trinajstić information content (AvgIpc) is 2.95. The fraction of sp³-hybridized carbons (Fsp3) is 0.438. The van der Waals surface area contributed by atoms with Crippen molar-refractivity contribution >= 4 is 26.6 Å². The monoisotopic (exact) mass is 319 g/mol. The summed E-state index contributed by atoms with van der Waals surface area (Å²) < 4.78 is 24.7. The van der Waals surface area contributed by atoms with Crippen molar-refractivity contribution in [1.82, 2.24) is 9.29 Å². The Morgan fingerprint density at radius 1 is 1.36 bits per heavy atom. The first kappa shape index (κ1) is 15.2. The first-order valence-electron chi connectivity index (χ1n) is 7.48. The summed E-state index contributed by atoms with van der Waals surface area (Å²) in [6, 6.07) is 8.13. The molecule has 0 saturated carbocycles. The largest absolute Gasteiger partial charge is 0.384 e. The standard InChI is InChI=1S/C16H21N3O2S/c1-12-4-3-5-14-15(6-8-17-16(12)14)18-10-13-7-9-19(11-13)22(2,20)21/h3-6,8,13H,7,9-11H2,1-2H3,(H,17,18). The van der Waals surface area contributed by atoms with Crippen molar-refractivity contribution in [3.8, 4) is 0 Å². The van der Waals surface area contributed by atoms with Gasteiger partial charge in [0, 0.05) is 36.9 Å². The Bertz CT molecular complexity index is 789. The molecule has 1 aliphatic rings. The van der Waals surface area contributed by atoms with Crippen molar-refractivity contribution < 1.29 is 8.42 Å². The third kappa shape index (κ3) is 3.08. The van der Waals surface area contributed by atoms with Gasteiger partial charge in [0.05, 0.1) is 11.8 Å². The van der Waals surface area contributed by atoms with Crippen molar-refractivity contribution in [2.75, 3.05) is 31.2 Å². The zero-order valence-corrected chi connectivity index (χ0v) is 13.7. The summed E-state index contributed by atoms with van der Waals surface area (Å²) in [5, 5.41) is 4.58. The summed E-state index contributed by atoms with van der Waals surface area (Å²) >= 11 is 0. The maximum absolute atomic E-state index is 11.6. The molecule has 6 heteroatoms. The lowest BCUT2D eigenvalue weighted by Gasteiger charge is -2.15. The van der Waals surface area contributed by atoms with Crippen LogP contribution >= 0.6 is 0 Å². The number of rotatable bonds is 4. The molecule has 1 aliphatic heterocycles. The molecule has 0 amide bonds. The predicted octanol–water partition coefficient (Wildman–Crippen LogP) is 2.24. The molecular weight excluding hydrogens is 298 g/mol. The van der Waals surface area contributed by atoms with Gasteiger partial charge in [-0.05, 0) is 30.9 Å². The van der Waals surface area contributed by atoms with Crippen LogP contribution < -0.4 is 5.32 Å².